The molecule has 0 aromatic carbocycles. The zero-order chi connectivity index (χ0) is 12.2. The number of methoxy groups -OCH3 is 1. The van der Waals surface area contributed by atoms with Crippen molar-refractivity contribution in [2.75, 3.05) is 26.9 Å². The fourth-order valence-electron chi connectivity index (χ4n) is 2.18. The summed E-state index contributed by atoms with van der Waals surface area (Å²) in [4.78, 5) is 13.8. The number of nitrogens with zero attached hydrogens (tertiary/aromatic N) is 1. The SMILES string of the molecule is COCCOC(=O)N1CCCC1(C)C(C)C. The van der Waals surface area contributed by atoms with Gasteiger partial charge in [0, 0.05) is 19.2 Å². The third-order valence-corrected chi connectivity index (χ3v) is 3.66. The van der Waals surface area contributed by atoms with E-state index in [2.05, 4.69) is 20.8 Å². The van der Waals surface area contributed by atoms with Crippen molar-refractivity contribution in [2.45, 2.75) is 39.2 Å². The summed E-state index contributed by atoms with van der Waals surface area (Å²) in [5.41, 5.74) is -0.0514. The van der Waals surface area contributed by atoms with Crippen molar-refractivity contribution >= 4 is 6.09 Å². The summed E-state index contributed by atoms with van der Waals surface area (Å²) in [5.74, 6) is 0.449. The molecule has 0 saturated carbocycles. The summed E-state index contributed by atoms with van der Waals surface area (Å²) in [6.07, 6.45) is 1.92. The second-order valence-electron chi connectivity index (χ2n) is 4.87. The van der Waals surface area contributed by atoms with Gasteiger partial charge in [0.2, 0.25) is 0 Å². The second kappa shape index (κ2) is 5.53. The van der Waals surface area contributed by atoms with Gasteiger partial charge in [0.15, 0.2) is 0 Å². The molecule has 94 valence electrons. The Labute approximate surface area is 97.9 Å². The van der Waals surface area contributed by atoms with E-state index in [4.69, 9.17) is 9.47 Å². The van der Waals surface area contributed by atoms with E-state index in [0.717, 1.165) is 19.4 Å². The van der Waals surface area contributed by atoms with Crippen LogP contribution in [0.3, 0.4) is 0 Å². The smallest absolute Gasteiger partial charge is 0.410 e. The highest BCUT2D eigenvalue weighted by molar-refractivity contribution is 5.69. The zero-order valence-corrected chi connectivity index (χ0v) is 10.8. The van der Waals surface area contributed by atoms with Crippen LogP contribution in [-0.4, -0.2) is 43.4 Å². The maximum atomic E-state index is 11.9. The first-order valence-corrected chi connectivity index (χ1v) is 5.95. The van der Waals surface area contributed by atoms with Gasteiger partial charge in [-0.1, -0.05) is 13.8 Å². The van der Waals surface area contributed by atoms with Crippen molar-refractivity contribution in [3.8, 4) is 0 Å². The number of hydrogen-bond donors (Lipinski definition) is 0. The lowest BCUT2D eigenvalue weighted by molar-refractivity contribution is 0.0420. The minimum atomic E-state index is -0.203. The van der Waals surface area contributed by atoms with E-state index in [1.165, 1.54) is 0 Å². The molecule has 4 nitrogen and oxygen atoms in total. The monoisotopic (exact) mass is 229 g/mol. The molecule has 4 heteroatoms. The largest absolute Gasteiger partial charge is 0.447 e. The van der Waals surface area contributed by atoms with Gasteiger partial charge in [-0.2, -0.15) is 0 Å². The van der Waals surface area contributed by atoms with Crippen LogP contribution in [0.1, 0.15) is 33.6 Å². The molecule has 1 aliphatic heterocycles. The quantitative estimate of drug-likeness (QED) is 0.694. The summed E-state index contributed by atoms with van der Waals surface area (Å²) in [6.45, 7) is 8.04. The Kier molecular flexibility index (Phi) is 4.59. The lowest BCUT2D eigenvalue weighted by atomic mass is 9.86. The third-order valence-electron chi connectivity index (χ3n) is 3.66. The molecule has 0 bridgehead atoms. The summed E-state index contributed by atoms with van der Waals surface area (Å²) < 4.78 is 10.0. The fourth-order valence-corrected chi connectivity index (χ4v) is 2.18. The zero-order valence-electron chi connectivity index (χ0n) is 10.8. The molecular weight excluding hydrogens is 206 g/mol. The topological polar surface area (TPSA) is 38.8 Å². The van der Waals surface area contributed by atoms with Gasteiger partial charge in [0.05, 0.1) is 6.61 Å². The lowest BCUT2D eigenvalue weighted by Crippen LogP contribution is -2.49. The van der Waals surface area contributed by atoms with Crippen molar-refractivity contribution in [3.05, 3.63) is 0 Å². The Bertz CT molecular complexity index is 242. The van der Waals surface area contributed by atoms with Crippen LogP contribution < -0.4 is 0 Å². The van der Waals surface area contributed by atoms with Gasteiger partial charge in [-0.25, -0.2) is 4.79 Å². The van der Waals surface area contributed by atoms with Crippen molar-refractivity contribution in [3.63, 3.8) is 0 Å². The van der Waals surface area contributed by atoms with Gasteiger partial charge in [0.25, 0.3) is 0 Å². The molecule has 0 N–H and O–H groups in total. The molecule has 0 radical (unpaired) electrons. The molecular formula is C12H23NO3. The van der Waals surface area contributed by atoms with E-state index < -0.39 is 0 Å². The van der Waals surface area contributed by atoms with Gasteiger partial charge in [-0.3, -0.25) is 0 Å². The molecule has 0 spiro atoms. The molecule has 1 heterocycles. The Hall–Kier alpha value is -0.770. The Morgan fingerprint density at radius 2 is 2.12 bits per heavy atom. The first kappa shape index (κ1) is 13.3. The molecule has 1 aliphatic rings. The summed E-state index contributed by atoms with van der Waals surface area (Å²) in [7, 11) is 1.60. The molecule has 1 saturated heterocycles. The molecule has 1 atom stereocenters. The van der Waals surface area contributed by atoms with Gasteiger partial charge in [-0.15, -0.1) is 0 Å². The second-order valence-corrected chi connectivity index (χ2v) is 4.87. The first-order chi connectivity index (χ1) is 7.52. The number of carbonyl (C=O) groups is 1. The van der Waals surface area contributed by atoms with Gasteiger partial charge in [-0.05, 0) is 25.7 Å². The predicted molar refractivity (Wildman–Crippen MR) is 62.4 cm³/mol. The number of ether oxygens (including phenoxy) is 2. The van der Waals surface area contributed by atoms with Crippen LogP contribution in [0.4, 0.5) is 4.79 Å². The average Bonchev–Trinajstić information content (AvgIpc) is 2.62. The molecule has 0 aromatic rings. The maximum absolute atomic E-state index is 11.9. The van der Waals surface area contributed by atoms with E-state index in [1.54, 1.807) is 7.11 Å². The Morgan fingerprint density at radius 1 is 1.44 bits per heavy atom. The van der Waals surface area contributed by atoms with E-state index in [9.17, 15) is 4.79 Å². The van der Waals surface area contributed by atoms with Crippen LogP contribution in [0.25, 0.3) is 0 Å². The number of hydrogen-bond acceptors (Lipinski definition) is 3. The minimum Gasteiger partial charge on any atom is -0.447 e. The Morgan fingerprint density at radius 3 is 2.69 bits per heavy atom. The fraction of sp³-hybridized carbons (Fsp3) is 0.917. The summed E-state index contributed by atoms with van der Waals surface area (Å²) in [5, 5.41) is 0. The van der Waals surface area contributed by atoms with Crippen molar-refractivity contribution in [2.24, 2.45) is 5.92 Å². The predicted octanol–water partition coefficient (Wildman–Crippen LogP) is 2.28. The molecule has 1 unspecified atom stereocenters. The van der Waals surface area contributed by atoms with Crippen molar-refractivity contribution in [1.82, 2.24) is 4.90 Å². The molecule has 1 amide bonds. The summed E-state index contributed by atoms with van der Waals surface area (Å²) in [6, 6.07) is 0. The molecule has 1 fully saturated rings. The number of amides is 1. The lowest BCUT2D eigenvalue weighted by Gasteiger charge is -2.38. The Balaban J connectivity index is 2.54. The number of carbonyl (C=O) groups excluding carboxylic acids is 1. The maximum Gasteiger partial charge on any atom is 0.410 e. The van der Waals surface area contributed by atoms with Crippen LogP contribution >= 0.6 is 0 Å². The minimum absolute atomic E-state index is 0.0514. The van der Waals surface area contributed by atoms with E-state index in [0.29, 0.717) is 19.1 Å². The van der Waals surface area contributed by atoms with Gasteiger partial charge >= 0.3 is 6.09 Å². The molecule has 1 rings (SSSR count). The summed E-state index contributed by atoms with van der Waals surface area (Å²) >= 11 is 0. The highest BCUT2D eigenvalue weighted by atomic mass is 16.6. The molecule has 0 aromatic heterocycles. The van der Waals surface area contributed by atoms with Crippen LogP contribution in [-0.2, 0) is 9.47 Å². The van der Waals surface area contributed by atoms with Crippen molar-refractivity contribution < 1.29 is 14.3 Å². The highest BCUT2D eigenvalue weighted by Gasteiger charge is 2.42. The highest BCUT2D eigenvalue weighted by Crippen LogP contribution is 2.35. The number of likely N-dealkylation sites (tertiary alicyclic amines) is 1. The van der Waals surface area contributed by atoms with Crippen LogP contribution in [0.5, 0.6) is 0 Å². The van der Waals surface area contributed by atoms with E-state index >= 15 is 0 Å². The van der Waals surface area contributed by atoms with Gasteiger partial charge < -0.3 is 14.4 Å². The average molecular weight is 229 g/mol. The normalized spacial score (nSPS) is 25.2. The van der Waals surface area contributed by atoms with Crippen LogP contribution in [0.2, 0.25) is 0 Å². The van der Waals surface area contributed by atoms with Crippen molar-refractivity contribution in [1.29, 1.82) is 0 Å². The van der Waals surface area contributed by atoms with Crippen LogP contribution in [0, 0.1) is 5.92 Å². The third kappa shape index (κ3) is 2.67. The first-order valence-electron chi connectivity index (χ1n) is 5.95. The molecule has 0 aliphatic carbocycles. The van der Waals surface area contributed by atoms with E-state index in [1.807, 2.05) is 4.90 Å². The van der Waals surface area contributed by atoms with Gasteiger partial charge in [0.1, 0.15) is 6.61 Å². The van der Waals surface area contributed by atoms with Crippen LogP contribution in [0.15, 0.2) is 0 Å². The van der Waals surface area contributed by atoms with E-state index in [-0.39, 0.29) is 11.6 Å². The number of rotatable bonds is 4. The standard InChI is InChI=1S/C12H23NO3/c1-10(2)12(3)6-5-7-13(12)11(14)16-9-8-15-4/h10H,5-9H2,1-4H3. The molecule has 16 heavy (non-hydrogen) atoms.